The van der Waals surface area contributed by atoms with Crippen LogP contribution in [0.4, 0.5) is 0 Å². The molecule has 4 rings (SSSR count). The molecule has 0 saturated carbocycles. The van der Waals surface area contributed by atoms with Gasteiger partial charge in [-0.15, -0.1) is 11.3 Å². The first-order valence-electron chi connectivity index (χ1n) is 8.68. The van der Waals surface area contributed by atoms with Gasteiger partial charge < -0.3 is 9.47 Å². The summed E-state index contributed by atoms with van der Waals surface area (Å²) in [6, 6.07) is 19.2. The van der Waals surface area contributed by atoms with Gasteiger partial charge in [0.25, 0.3) is 0 Å². The molecule has 0 amide bonds. The number of nitriles is 1. The smallest absolute Gasteiger partial charge is 0.334 e. The van der Waals surface area contributed by atoms with E-state index < -0.39 is 5.97 Å². The number of thiazole rings is 1. The van der Waals surface area contributed by atoms with Gasteiger partial charge in [-0.05, 0) is 23.8 Å². The van der Waals surface area contributed by atoms with E-state index in [0.717, 1.165) is 21.0 Å². The van der Waals surface area contributed by atoms with Crippen molar-refractivity contribution in [2.45, 2.75) is 5.92 Å². The summed E-state index contributed by atoms with van der Waals surface area (Å²) in [6.07, 6.45) is 1.74. The van der Waals surface area contributed by atoms with Crippen LogP contribution in [0.5, 0.6) is 5.88 Å². The maximum atomic E-state index is 12.5. The summed E-state index contributed by atoms with van der Waals surface area (Å²) in [5.41, 5.74) is 2.94. The van der Waals surface area contributed by atoms with E-state index in [9.17, 15) is 4.79 Å². The Bertz CT molecular complexity index is 1080. The number of methoxy groups -OCH3 is 1. The Kier molecular flexibility index (Phi) is 4.92. The molecule has 5 nitrogen and oxygen atoms in total. The highest BCUT2D eigenvalue weighted by Gasteiger charge is 2.33. The molecule has 3 aromatic rings. The van der Waals surface area contributed by atoms with E-state index in [4.69, 9.17) is 14.7 Å². The zero-order valence-corrected chi connectivity index (χ0v) is 15.9. The van der Waals surface area contributed by atoms with Gasteiger partial charge in [0, 0.05) is 11.1 Å². The Morgan fingerprint density at radius 2 is 1.96 bits per heavy atom. The predicted octanol–water partition coefficient (Wildman–Crippen LogP) is 4.31. The van der Waals surface area contributed by atoms with Crippen molar-refractivity contribution in [2.24, 2.45) is 0 Å². The van der Waals surface area contributed by atoms with Gasteiger partial charge in [-0.25, -0.2) is 9.78 Å². The molecule has 0 fully saturated rings. The lowest BCUT2D eigenvalue weighted by molar-refractivity contribution is -0.136. The number of fused-ring (bicyclic) bond motifs is 1. The fourth-order valence-corrected chi connectivity index (χ4v) is 4.34. The fourth-order valence-electron chi connectivity index (χ4n) is 3.18. The molecule has 1 aliphatic rings. The van der Waals surface area contributed by atoms with Crippen molar-refractivity contribution in [3.63, 3.8) is 0 Å². The van der Waals surface area contributed by atoms with Crippen molar-refractivity contribution in [1.82, 2.24) is 4.98 Å². The summed E-state index contributed by atoms with van der Waals surface area (Å²) >= 11 is 1.50. The third kappa shape index (κ3) is 3.28. The molecule has 6 heteroatoms. The van der Waals surface area contributed by atoms with Crippen LogP contribution in [0.2, 0.25) is 0 Å². The Hall–Kier alpha value is -3.43. The highest BCUT2D eigenvalue weighted by Crippen LogP contribution is 2.45. The molecule has 0 saturated heterocycles. The zero-order chi connectivity index (χ0) is 19.5. The monoisotopic (exact) mass is 388 g/mol. The number of hydrogen-bond acceptors (Lipinski definition) is 6. The van der Waals surface area contributed by atoms with Crippen LogP contribution < -0.4 is 4.74 Å². The molecule has 0 aliphatic carbocycles. The highest BCUT2D eigenvalue weighted by atomic mass is 32.1. The molecule has 1 aliphatic heterocycles. The summed E-state index contributed by atoms with van der Waals surface area (Å²) in [5.74, 6) is -0.249. The number of hydrogen-bond donors (Lipinski definition) is 0. The number of esters is 1. The van der Waals surface area contributed by atoms with Crippen molar-refractivity contribution in [3.8, 4) is 22.5 Å². The zero-order valence-electron chi connectivity index (χ0n) is 15.1. The maximum Gasteiger partial charge on any atom is 0.334 e. The summed E-state index contributed by atoms with van der Waals surface area (Å²) in [5, 5.41) is 9.91. The average Bonchev–Trinajstić information content (AvgIpc) is 3.09. The molecule has 138 valence electrons. The van der Waals surface area contributed by atoms with Crippen LogP contribution in [0.25, 0.3) is 10.6 Å². The molecule has 2 aromatic carbocycles. The molecule has 1 atom stereocenters. The number of carbonyl (C=O) groups is 1. The minimum absolute atomic E-state index is 0.238. The van der Waals surface area contributed by atoms with Gasteiger partial charge in [-0.3, -0.25) is 0 Å². The molecule has 2 heterocycles. The van der Waals surface area contributed by atoms with Crippen LogP contribution in [0, 0.1) is 11.3 Å². The molecule has 1 aromatic heterocycles. The van der Waals surface area contributed by atoms with Crippen LogP contribution in [-0.4, -0.2) is 24.7 Å². The first kappa shape index (κ1) is 18.0. The first-order chi connectivity index (χ1) is 13.7. The Morgan fingerprint density at radius 1 is 1.21 bits per heavy atom. The number of rotatable bonds is 3. The Morgan fingerprint density at radius 3 is 2.64 bits per heavy atom. The van der Waals surface area contributed by atoms with Crippen LogP contribution in [0.3, 0.4) is 0 Å². The number of carbonyl (C=O) groups excluding carboxylic acids is 1. The highest BCUT2D eigenvalue weighted by molar-refractivity contribution is 7.15. The normalized spacial score (nSPS) is 15.4. The molecule has 0 N–H and O–H groups in total. The van der Waals surface area contributed by atoms with Crippen LogP contribution in [-0.2, 0) is 9.53 Å². The van der Waals surface area contributed by atoms with Gasteiger partial charge in [-0.1, -0.05) is 42.5 Å². The Balaban J connectivity index is 1.86. The van der Waals surface area contributed by atoms with E-state index in [-0.39, 0.29) is 12.5 Å². The van der Waals surface area contributed by atoms with Gasteiger partial charge in [0.1, 0.15) is 11.6 Å². The summed E-state index contributed by atoms with van der Waals surface area (Å²) < 4.78 is 10.9. The molecular weight excluding hydrogens is 372 g/mol. The molecule has 0 radical (unpaired) electrons. The fraction of sp³-hybridized carbons (Fsp3) is 0.136. The van der Waals surface area contributed by atoms with Gasteiger partial charge in [0.15, 0.2) is 0 Å². The molecule has 0 bridgehead atoms. The van der Waals surface area contributed by atoms with E-state index in [0.29, 0.717) is 17.0 Å². The third-order valence-electron chi connectivity index (χ3n) is 4.53. The second-order valence-electron chi connectivity index (χ2n) is 6.18. The lowest BCUT2D eigenvalue weighted by Gasteiger charge is -2.17. The summed E-state index contributed by atoms with van der Waals surface area (Å²) in [7, 11) is 1.37. The van der Waals surface area contributed by atoms with Crippen molar-refractivity contribution < 1.29 is 14.3 Å². The topological polar surface area (TPSA) is 72.2 Å². The molecule has 1 unspecified atom stereocenters. The SMILES string of the molecule is COC(=O)C1=CCOc2nc(-c3ccccc3)sc2C1c1ccc(C#N)cc1. The number of aromatic nitrogens is 1. The van der Waals surface area contributed by atoms with E-state index in [1.54, 1.807) is 18.2 Å². The maximum absolute atomic E-state index is 12.5. The van der Waals surface area contributed by atoms with Crippen molar-refractivity contribution in [1.29, 1.82) is 5.26 Å². The van der Waals surface area contributed by atoms with Gasteiger partial charge >= 0.3 is 5.97 Å². The van der Waals surface area contributed by atoms with Crippen molar-refractivity contribution in [3.05, 3.63) is 82.3 Å². The van der Waals surface area contributed by atoms with Crippen molar-refractivity contribution >= 4 is 17.3 Å². The number of benzene rings is 2. The molecular formula is C22H16N2O3S. The molecule has 0 spiro atoms. The quantitative estimate of drug-likeness (QED) is 0.626. The van der Waals surface area contributed by atoms with Gasteiger partial charge in [-0.2, -0.15) is 5.26 Å². The first-order valence-corrected chi connectivity index (χ1v) is 9.50. The van der Waals surface area contributed by atoms with Gasteiger partial charge in [0.05, 0.1) is 29.5 Å². The second kappa shape index (κ2) is 7.67. The third-order valence-corrected chi connectivity index (χ3v) is 5.68. The number of nitrogens with zero attached hydrogens (tertiary/aromatic N) is 2. The lowest BCUT2D eigenvalue weighted by atomic mass is 9.89. The van der Waals surface area contributed by atoms with Gasteiger partial charge in [0.2, 0.25) is 5.88 Å². The van der Waals surface area contributed by atoms with E-state index >= 15 is 0 Å². The van der Waals surface area contributed by atoms with Crippen LogP contribution >= 0.6 is 11.3 Å². The van der Waals surface area contributed by atoms with E-state index in [1.165, 1.54) is 18.4 Å². The van der Waals surface area contributed by atoms with E-state index in [2.05, 4.69) is 11.1 Å². The largest absolute Gasteiger partial charge is 0.473 e. The Labute approximate surface area is 166 Å². The standard InChI is InChI=1S/C22H16N2O3S/c1-26-22(25)17-11-12-27-20-19(18(17)15-9-7-14(13-23)8-10-15)28-21(24-20)16-5-3-2-4-6-16/h2-11,18H,12H2,1H3. The summed E-state index contributed by atoms with van der Waals surface area (Å²) in [4.78, 5) is 18.0. The second-order valence-corrected chi connectivity index (χ2v) is 7.21. The minimum atomic E-state index is -0.402. The summed E-state index contributed by atoms with van der Waals surface area (Å²) in [6.45, 7) is 0.238. The lowest BCUT2D eigenvalue weighted by Crippen LogP contribution is -2.13. The van der Waals surface area contributed by atoms with Crippen LogP contribution in [0.15, 0.2) is 66.2 Å². The average molecular weight is 388 g/mol. The molecule has 28 heavy (non-hydrogen) atoms. The van der Waals surface area contributed by atoms with Crippen molar-refractivity contribution in [2.75, 3.05) is 13.7 Å². The minimum Gasteiger partial charge on any atom is -0.473 e. The van der Waals surface area contributed by atoms with E-state index in [1.807, 2.05) is 42.5 Å². The van der Waals surface area contributed by atoms with Crippen LogP contribution in [0.1, 0.15) is 21.9 Å². The predicted molar refractivity (Wildman–Crippen MR) is 106 cm³/mol. The number of ether oxygens (including phenoxy) is 2.